The maximum absolute atomic E-state index is 3.76. The first-order chi connectivity index (χ1) is 10.1. The van der Waals surface area contributed by atoms with Crippen molar-refractivity contribution in [2.75, 3.05) is 19.6 Å². The molecule has 0 radical (unpaired) electrons. The Kier molecular flexibility index (Phi) is 4.66. The standard InChI is InChI=1S/C19H30N2/c1-14(2)21-10-9-16(13-21)12-20-15(3)18-8-7-17-5-4-6-19(17)11-18/h7-8,11,14-16,20H,4-6,9-10,12-13H2,1-3H3. The van der Waals surface area contributed by atoms with E-state index in [1.165, 1.54) is 44.3 Å². The monoisotopic (exact) mass is 286 g/mol. The number of rotatable bonds is 5. The number of likely N-dealkylation sites (tertiary alicyclic amines) is 1. The maximum Gasteiger partial charge on any atom is 0.0292 e. The van der Waals surface area contributed by atoms with E-state index in [-0.39, 0.29) is 0 Å². The Balaban J connectivity index is 1.51. The molecule has 116 valence electrons. The van der Waals surface area contributed by atoms with Crippen LogP contribution in [0.1, 0.15) is 56.3 Å². The number of fused-ring (bicyclic) bond motifs is 1. The van der Waals surface area contributed by atoms with E-state index in [1.807, 2.05) is 0 Å². The number of hydrogen-bond donors (Lipinski definition) is 1. The molecule has 1 saturated heterocycles. The molecule has 2 unspecified atom stereocenters. The average Bonchev–Trinajstić information content (AvgIpc) is 3.12. The largest absolute Gasteiger partial charge is 0.310 e. The molecule has 2 heteroatoms. The van der Waals surface area contributed by atoms with Gasteiger partial charge in [0.25, 0.3) is 0 Å². The zero-order valence-electron chi connectivity index (χ0n) is 13.9. The molecule has 2 atom stereocenters. The van der Waals surface area contributed by atoms with Crippen LogP contribution in [-0.4, -0.2) is 30.6 Å². The number of hydrogen-bond acceptors (Lipinski definition) is 2. The molecule has 1 aliphatic heterocycles. The van der Waals surface area contributed by atoms with Gasteiger partial charge in [0, 0.05) is 18.6 Å². The molecular formula is C19H30N2. The molecule has 0 saturated carbocycles. The van der Waals surface area contributed by atoms with Crippen molar-refractivity contribution >= 4 is 0 Å². The lowest BCUT2D eigenvalue weighted by molar-refractivity contribution is 0.263. The first-order valence-electron chi connectivity index (χ1n) is 8.72. The SMILES string of the molecule is CC(NCC1CCN(C(C)C)C1)c1ccc2c(c1)CCC2. The summed E-state index contributed by atoms with van der Waals surface area (Å²) < 4.78 is 0. The molecule has 1 heterocycles. The highest BCUT2D eigenvalue weighted by molar-refractivity contribution is 5.36. The highest BCUT2D eigenvalue weighted by atomic mass is 15.2. The third-order valence-corrected chi connectivity index (χ3v) is 5.38. The van der Waals surface area contributed by atoms with E-state index in [0.717, 1.165) is 12.5 Å². The predicted octanol–water partition coefficient (Wildman–Crippen LogP) is 3.56. The molecule has 1 aromatic rings. The Hall–Kier alpha value is -0.860. The van der Waals surface area contributed by atoms with Gasteiger partial charge in [0.2, 0.25) is 0 Å². The second kappa shape index (κ2) is 6.50. The molecule has 0 bridgehead atoms. The highest BCUT2D eigenvalue weighted by Crippen LogP contribution is 2.26. The van der Waals surface area contributed by atoms with Crippen LogP contribution < -0.4 is 5.32 Å². The summed E-state index contributed by atoms with van der Waals surface area (Å²) in [5, 5.41) is 3.76. The van der Waals surface area contributed by atoms with Crippen molar-refractivity contribution in [2.24, 2.45) is 5.92 Å². The van der Waals surface area contributed by atoms with E-state index in [2.05, 4.69) is 49.2 Å². The van der Waals surface area contributed by atoms with E-state index in [1.54, 1.807) is 11.1 Å². The lowest BCUT2D eigenvalue weighted by Gasteiger charge is -2.21. The summed E-state index contributed by atoms with van der Waals surface area (Å²) in [7, 11) is 0. The fourth-order valence-electron chi connectivity index (χ4n) is 3.82. The van der Waals surface area contributed by atoms with E-state index >= 15 is 0 Å². The topological polar surface area (TPSA) is 15.3 Å². The Morgan fingerprint density at radius 2 is 2.00 bits per heavy atom. The van der Waals surface area contributed by atoms with Gasteiger partial charge in [0.15, 0.2) is 0 Å². The van der Waals surface area contributed by atoms with Crippen LogP contribution in [0.25, 0.3) is 0 Å². The summed E-state index contributed by atoms with van der Waals surface area (Å²) in [6.07, 6.45) is 5.25. The average molecular weight is 286 g/mol. The minimum Gasteiger partial charge on any atom is -0.310 e. The normalized spacial score (nSPS) is 23.7. The van der Waals surface area contributed by atoms with Gasteiger partial charge in [-0.3, -0.25) is 0 Å². The van der Waals surface area contributed by atoms with Crippen molar-refractivity contribution in [2.45, 2.75) is 58.5 Å². The van der Waals surface area contributed by atoms with Crippen LogP contribution in [0.2, 0.25) is 0 Å². The fraction of sp³-hybridized carbons (Fsp3) is 0.684. The maximum atomic E-state index is 3.76. The van der Waals surface area contributed by atoms with E-state index < -0.39 is 0 Å². The Bertz CT molecular complexity index is 480. The summed E-state index contributed by atoms with van der Waals surface area (Å²) >= 11 is 0. The summed E-state index contributed by atoms with van der Waals surface area (Å²) in [5.41, 5.74) is 4.64. The molecule has 2 aliphatic rings. The minimum atomic E-state index is 0.476. The molecular weight excluding hydrogens is 256 g/mol. The van der Waals surface area contributed by atoms with Crippen LogP contribution in [0.3, 0.4) is 0 Å². The van der Waals surface area contributed by atoms with Gasteiger partial charge in [-0.15, -0.1) is 0 Å². The van der Waals surface area contributed by atoms with Crippen LogP contribution in [0, 0.1) is 5.92 Å². The number of aryl methyl sites for hydroxylation is 2. The van der Waals surface area contributed by atoms with Crippen LogP contribution >= 0.6 is 0 Å². The van der Waals surface area contributed by atoms with Crippen LogP contribution in [0.4, 0.5) is 0 Å². The van der Waals surface area contributed by atoms with E-state index in [4.69, 9.17) is 0 Å². The predicted molar refractivity (Wildman–Crippen MR) is 89.7 cm³/mol. The first-order valence-corrected chi connectivity index (χ1v) is 8.72. The highest BCUT2D eigenvalue weighted by Gasteiger charge is 2.24. The number of nitrogens with zero attached hydrogens (tertiary/aromatic N) is 1. The smallest absolute Gasteiger partial charge is 0.0292 e. The van der Waals surface area contributed by atoms with Gasteiger partial charge in [-0.25, -0.2) is 0 Å². The van der Waals surface area contributed by atoms with Crippen LogP contribution in [0.5, 0.6) is 0 Å². The van der Waals surface area contributed by atoms with Crippen molar-refractivity contribution in [3.63, 3.8) is 0 Å². The second-order valence-electron chi connectivity index (χ2n) is 7.26. The van der Waals surface area contributed by atoms with Crippen LogP contribution in [-0.2, 0) is 12.8 Å². The molecule has 21 heavy (non-hydrogen) atoms. The van der Waals surface area contributed by atoms with E-state index in [9.17, 15) is 0 Å². The van der Waals surface area contributed by atoms with Gasteiger partial charge in [-0.2, -0.15) is 0 Å². The molecule has 2 nitrogen and oxygen atoms in total. The van der Waals surface area contributed by atoms with Gasteiger partial charge < -0.3 is 10.2 Å². The molecule has 1 aromatic carbocycles. The minimum absolute atomic E-state index is 0.476. The lowest BCUT2D eigenvalue weighted by Crippen LogP contribution is -2.31. The first kappa shape index (κ1) is 15.1. The number of nitrogens with one attached hydrogen (secondary N) is 1. The molecule has 0 amide bonds. The summed E-state index contributed by atoms with van der Waals surface area (Å²) in [4.78, 5) is 2.60. The van der Waals surface area contributed by atoms with Gasteiger partial charge in [-0.1, -0.05) is 18.2 Å². The van der Waals surface area contributed by atoms with Crippen molar-refractivity contribution in [3.05, 3.63) is 34.9 Å². The molecule has 0 spiro atoms. The molecule has 3 rings (SSSR count). The molecule has 0 aromatic heterocycles. The lowest BCUT2D eigenvalue weighted by atomic mass is 10.0. The van der Waals surface area contributed by atoms with Crippen LogP contribution in [0.15, 0.2) is 18.2 Å². The zero-order chi connectivity index (χ0) is 14.8. The van der Waals surface area contributed by atoms with Crippen molar-refractivity contribution in [3.8, 4) is 0 Å². The van der Waals surface area contributed by atoms with Gasteiger partial charge in [0.1, 0.15) is 0 Å². The van der Waals surface area contributed by atoms with Crippen molar-refractivity contribution < 1.29 is 0 Å². The third-order valence-electron chi connectivity index (χ3n) is 5.38. The van der Waals surface area contributed by atoms with Gasteiger partial charge in [0.05, 0.1) is 0 Å². The van der Waals surface area contributed by atoms with Crippen molar-refractivity contribution in [1.82, 2.24) is 10.2 Å². The number of benzene rings is 1. The van der Waals surface area contributed by atoms with Gasteiger partial charge in [-0.05, 0) is 82.2 Å². The van der Waals surface area contributed by atoms with E-state index in [0.29, 0.717) is 12.1 Å². The Morgan fingerprint density at radius 3 is 2.76 bits per heavy atom. The summed E-state index contributed by atoms with van der Waals surface area (Å²) in [6.45, 7) is 10.6. The summed E-state index contributed by atoms with van der Waals surface area (Å²) in [6, 6.07) is 8.30. The third kappa shape index (κ3) is 3.49. The zero-order valence-corrected chi connectivity index (χ0v) is 13.9. The Labute approximate surface area is 129 Å². The molecule has 1 N–H and O–H groups in total. The van der Waals surface area contributed by atoms with Crippen molar-refractivity contribution in [1.29, 1.82) is 0 Å². The van der Waals surface area contributed by atoms with Gasteiger partial charge >= 0.3 is 0 Å². The Morgan fingerprint density at radius 1 is 1.19 bits per heavy atom. The second-order valence-corrected chi connectivity index (χ2v) is 7.26. The quantitative estimate of drug-likeness (QED) is 0.890. The fourth-order valence-corrected chi connectivity index (χ4v) is 3.82. The molecule has 1 fully saturated rings. The molecule has 1 aliphatic carbocycles. The summed E-state index contributed by atoms with van der Waals surface area (Å²) in [5.74, 6) is 0.823.